The summed E-state index contributed by atoms with van der Waals surface area (Å²) in [5.74, 6) is -0.412. The Bertz CT molecular complexity index is 871. The molecule has 7 nitrogen and oxygen atoms in total. The fraction of sp³-hybridized carbons (Fsp3) is 0.0769. The first kappa shape index (κ1) is 13.3. The number of anilines is 1. The van der Waals surface area contributed by atoms with Crippen LogP contribution in [0.2, 0.25) is 0 Å². The lowest BCUT2D eigenvalue weighted by Gasteiger charge is -2.07. The average molecular weight is 302 g/mol. The van der Waals surface area contributed by atoms with E-state index in [4.69, 9.17) is 5.11 Å². The number of carboxylic acids is 1. The van der Waals surface area contributed by atoms with E-state index in [1.54, 1.807) is 11.4 Å². The summed E-state index contributed by atoms with van der Waals surface area (Å²) < 4.78 is 0. The first-order valence-corrected chi connectivity index (χ1v) is 6.90. The molecule has 0 saturated heterocycles. The van der Waals surface area contributed by atoms with Gasteiger partial charge >= 0.3 is 10.8 Å². The molecule has 2 aromatic heterocycles. The van der Waals surface area contributed by atoms with Crippen molar-refractivity contribution in [2.75, 3.05) is 5.32 Å². The Kier molecular flexibility index (Phi) is 3.36. The van der Waals surface area contributed by atoms with E-state index in [9.17, 15) is 9.59 Å². The van der Waals surface area contributed by atoms with E-state index in [2.05, 4.69) is 20.3 Å². The average Bonchev–Trinajstić information content (AvgIpc) is 2.90. The Balaban J connectivity index is 1.91. The number of aromatic nitrogens is 3. The van der Waals surface area contributed by atoms with Crippen LogP contribution in [-0.2, 0) is 6.54 Å². The first-order chi connectivity index (χ1) is 10.1. The monoisotopic (exact) mass is 302 g/mol. The highest BCUT2D eigenvalue weighted by Crippen LogP contribution is 2.20. The van der Waals surface area contributed by atoms with Crippen molar-refractivity contribution in [1.29, 1.82) is 0 Å². The minimum Gasteiger partial charge on any atom is -0.478 e. The maximum atomic E-state index is 11.1. The van der Waals surface area contributed by atoms with Gasteiger partial charge in [-0.05, 0) is 18.2 Å². The number of thiazole rings is 1. The summed E-state index contributed by atoms with van der Waals surface area (Å²) in [4.78, 5) is 32.8. The van der Waals surface area contributed by atoms with Crippen LogP contribution in [0.4, 0.5) is 5.82 Å². The van der Waals surface area contributed by atoms with Crippen molar-refractivity contribution in [3.8, 4) is 0 Å². The van der Waals surface area contributed by atoms with E-state index in [0.717, 1.165) is 22.4 Å². The summed E-state index contributed by atoms with van der Waals surface area (Å²) in [6, 6.07) is 4.67. The highest BCUT2D eigenvalue weighted by Gasteiger charge is 2.08. The Hall–Kier alpha value is -2.74. The molecule has 21 heavy (non-hydrogen) atoms. The van der Waals surface area contributed by atoms with E-state index in [-0.39, 0.29) is 10.4 Å². The number of fused-ring (bicyclic) bond motifs is 1. The molecular weight excluding hydrogens is 292 g/mol. The third-order valence-electron chi connectivity index (χ3n) is 2.90. The van der Waals surface area contributed by atoms with E-state index in [0.29, 0.717) is 17.9 Å². The summed E-state index contributed by atoms with van der Waals surface area (Å²) in [5, 5.41) is 14.5. The van der Waals surface area contributed by atoms with Crippen LogP contribution in [0.25, 0.3) is 10.9 Å². The van der Waals surface area contributed by atoms with Gasteiger partial charge in [0.05, 0.1) is 17.6 Å². The molecule has 0 aliphatic heterocycles. The number of H-pyrrole nitrogens is 1. The molecule has 0 spiro atoms. The van der Waals surface area contributed by atoms with Crippen LogP contribution < -0.4 is 10.2 Å². The SMILES string of the molecule is O=C(O)c1ccc2c(NCc3csc(=O)[nH]3)ncnc2c1. The molecule has 106 valence electrons. The topological polar surface area (TPSA) is 108 Å². The van der Waals surface area contributed by atoms with Crippen LogP contribution in [0.5, 0.6) is 0 Å². The number of carboxylic acid groups (broad SMARTS) is 1. The van der Waals surface area contributed by atoms with Crippen molar-refractivity contribution >= 4 is 34.0 Å². The normalized spacial score (nSPS) is 10.7. The molecular formula is C13H10N4O3S. The molecule has 3 aromatic rings. The third kappa shape index (κ3) is 2.75. The zero-order valence-electron chi connectivity index (χ0n) is 10.7. The number of carbonyl (C=O) groups is 1. The van der Waals surface area contributed by atoms with Crippen molar-refractivity contribution in [2.24, 2.45) is 0 Å². The second kappa shape index (κ2) is 5.33. The molecule has 8 heteroatoms. The highest BCUT2D eigenvalue weighted by molar-refractivity contribution is 7.07. The van der Waals surface area contributed by atoms with Crippen molar-refractivity contribution < 1.29 is 9.90 Å². The lowest BCUT2D eigenvalue weighted by Crippen LogP contribution is -2.05. The molecule has 0 radical (unpaired) electrons. The Morgan fingerprint density at radius 1 is 1.38 bits per heavy atom. The van der Waals surface area contributed by atoms with Gasteiger partial charge in [-0.15, -0.1) is 0 Å². The van der Waals surface area contributed by atoms with E-state index >= 15 is 0 Å². The minimum absolute atomic E-state index is 0.106. The largest absolute Gasteiger partial charge is 0.478 e. The number of benzene rings is 1. The van der Waals surface area contributed by atoms with Gasteiger partial charge in [0.25, 0.3) is 0 Å². The van der Waals surface area contributed by atoms with Gasteiger partial charge in [0.1, 0.15) is 12.1 Å². The summed E-state index contributed by atoms with van der Waals surface area (Å²) in [7, 11) is 0. The number of aromatic amines is 1. The smallest absolute Gasteiger partial charge is 0.335 e. The van der Waals surface area contributed by atoms with Crippen LogP contribution in [0.1, 0.15) is 16.1 Å². The molecule has 0 aliphatic rings. The molecule has 0 atom stereocenters. The number of hydrogen-bond donors (Lipinski definition) is 3. The van der Waals surface area contributed by atoms with Crippen LogP contribution in [0.3, 0.4) is 0 Å². The Morgan fingerprint density at radius 3 is 2.95 bits per heavy atom. The van der Waals surface area contributed by atoms with Gasteiger partial charge in [-0.1, -0.05) is 11.3 Å². The summed E-state index contributed by atoms with van der Waals surface area (Å²) in [6.07, 6.45) is 1.37. The van der Waals surface area contributed by atoms with Gasteiger partial charge in [0.2, 0.25) is 0 Å². The zero-order chi connectivity index (χ0) is 14.8. The Morgan fingerprint density at radius 2 is 2.24 bits per heavy atom. The van der Waals surface area contributed by atoms with Crippen molar-refractivity contribution in [2.45, 2.75) is 6.54 Å². The third-order valence-corrected chi connectivity index (χ3v) is 3.62. The number of rotatable bonds is 4. The van der Waals surface area contributed by atoms with E-state index in [1.165, 1.54) is 18.5 Å². The first-order valence-electron chi connectivity index (χ1n) is 6.02. The van der Waals surface area contributed by atoms with Gasteiger partial charge in [-0.3, -0.25) is 4.79 Å². The fourth-order valence-corrected chi connectivity index (χ4v) is 2.49. The number of aromatic carboxylic acids is 1. The zero-order valence-corrected chi connectivity index (χ0v) is 11.5. The molecule has 0 unspecified atom stereocenters. The second-order valence-electron chi connectivity index (χ2n) is 4.29. The molecule has 2 heterocycles. The van der Waals surface area contributed by atoms with Crippen molar-refractivity contribution in [1.82, 2.24) is 15.0 Å². The quantitative estimate of drug-likeness (QED) is 0.677. The standard InChI is InChI=1S/C13H10N4O3S/c18-12(19)7-1-2-9-10(3-7)15-6-16-11(9)14-4-8-5-21-13(20)17-8/h1-3,5-6H,4H2,(H,17,20)(H,18,19)(H,14,15,16). The molecule has 0 bridgehead atoms. The molecule has 0 fully saturated rings. The van der Waals surface area contributed by atoms with Gasteiger partial charge in [-0.2, -0.15) is 0 Å². The number of hydrogen-bond acceptors (Lipinski definition) is 6. The van der Waals surface area contributed by atoms with Crippen LogP contribution in [-0.4, -0.2) is 26.0 Å². The molecule has 0 saturated carbocycles. The summed E-state index contributed by atoms with van der Waals surface area (Å²) in [5.41, 5.74) is 1.49. The molecule has 3 rings (SSSR count). The summed E-state index contributed by atoms with van der Waals surface area (Å²) >= 11 is 1.10. The summed E-state index contributed by atoms with van der Waals surface area (Å²) in [6.45, 7) is 0.422. The lowest BCUT2D eigenvalue weighted by atomic mass is 10.1. The highest BCUT2D eigenvalue weighted by atomic mass is 32.1. The fourth-order valence-electron chi connectivity index (χ4n) is 1.91. The van der Waals surface area contributed by atoms with Gasteiger partial charge < -0.3 is 15.4 Å². The lowest BCUT2D eigenvalue weighted by molar-refractivity contribution is 0.0697. The molecule has 1 aromatic carbocycles. The molecule has 0 aliphatic carbocycles. The number of nitrogens with one attached hydrogen (secondary N) is 2. The van der Waals surface area contributed by atoms with E-state index in [1.807, 2.05) is 0 Å². The van der Waals surface area contributed by atoms with E-state index < -0.39 is 5.97 Å². The van der Waals surface area contributed by atoms with Gasteiger partial charge in [0.15, 0.2) is 0 Å². The Labute approximate surface area is 122 Å². The van der Waals surface area contributed by atoms with Crippen LogP contribution >= 0.6 is 11.3 Å². The second-order valence-corrected chi connectivity index (χ2v) is 5.13. The maximum absolute atomic E-state index is 11.1. The predicted molar refractivity (Wildman–Crippen MR) is 78.8 cm³/mol. The van der Waals surface area contributed by atoms with Crippen molar-refractivity contribution in [3.63, 3.8) is 0 Å². The number of nitrogens with zero attached hydrogens (tertiary/aromatic N) is 2. The van der Waals surface area contributed by atoms with Crippen LogP contribution in [0, 0.1) is 0 Å². The van der Waals surface area contributed by atoms with Gasteiger partial charge in [-0.25, -0.2) is 14.8 Å². The minimum atomic E-state index is -0.999. The molecule has 3 N–H and O–H groups in total. The van der Waals surface area contributed by atoms with Gasteiger partial charge in [0, 0.05) is 16.5 Å². The maximum Gasteiger partial charge on any atom is 0.335 e. The van der Waals surface area contributed by atoms with Crippen LogP contribution in [0.15, 0.2) is 34.7 Å². The molecule has 0 amide bonds. The predicted octanol–water partition coefficient (Wildman–Crippen LogP) is 1.69. The van der Waals surface area contributed by atoms with Crippen molar-refractivity contribution in [3.05, 3.63) is 50.8 Å².